The van der Waals surface area contributed by atoms with Gasteiger partial charge in [-0.2, -0.15) is 0 Å². The lowest BCUT2D eigenvalue weighted by molar-refractivity contribution is -0.131. The minimum absolute atomic E-state index is 0.0587. The molecule has 0 heterocycles. The van der Waals surface area contributed by atoms with Gasteiger partial charge in [-0.25, -0.2) is 4.79 Å². The molecule has 1 rings (SSSR count). The predicted octanol–water partition coefficient (Wildman–Crippen LogP) is 0.336. The predicted molar refractivity (Wildman–Crippen MR) is 71.4 cm³/mol. The second kappa shape index (κ2) is 7.31. The van der Waals surface area contributed by atoms with Crippen LogP contribution in [-0.2, 0) is 16.1 Å². The van der Waals surface area contributed by atoms with Crippen molar-refractivity contribution in [1.82, 2.24) is 5.32 Å². The van der Waals surface area contributed by atoms with Gasteiger partial charge in [-0.1, -0.05) is 44.2 Å². The normalized spacial score (nSPS) is 11.7. The van der Waals surface area contributed by atoms with E-state index in [-0.39, 0.29) is 18.3 Å². The van der Waals surface area contributed by atoms with Gasteiger partial charge in [0.25, 0.3) is 0 Å². The topological polar surface area (TPSA) is 81.0 Å². The Labute approximate surface area is 112 Å². The first-order chi connectivity index (χ1) is 9.04. The van der Waals surface area contributed by atoms with Crippen LogP contribution in [-0.4, -0.2) is 24.1 Å². The maximum absolute atomic E-state index is 11.6. The minimum Gasteiger partial charge on any atom is -0.445 e. The molecule has 0 saturated heterocycles. The van der Waals surface area contributed by atoms with Gasteiger partial charge >= 0.3 is 6.09 Å². The number of carbonyl (C=O) groups is 2. The number of Topliss-reactive ketones (excluding diaryl/α,β-unsaturated/α-hetero) is 1. The van der Waals surface area contributed by atoms with Crippen molar-refractivity contribution in [2.75, 3.05) is 0 Å². The zero-order valence-electron chi connectivity index (χ0n) is 11.1. The van der Waals surface area contributed by atoms with E-state index in [0.717, 1.165) is 11.8 Å². The Balaban J connectivity index is 2.49. The van der Waals surface area contributed by atoms with E-state index in [1.165, 1.54) is 0 Å². The number of hydrogen-bond donors (Lipinski definition) is 2. The molecule has 1 atom stereocenters. The van der Waals surface area contributed by atoms with Gasteiger partial charge in [0.15, 0.2) is 0 Å². The summed E-state index contributed by atoms with van der Waals surface area (Å²) in [4.78, 5) is 23.1. The van der Waals surface area contributed by atoms with E-state index in [9.17, 15) is 9.59 Å². The highest BCUT2D eigenvalue weighted by Crippen LogP contribution is 2.04. The number of hydrogen-bond acceptors (Lipinski definition) is 3. The van der Waals surface area contributed by atoms with Gasteiger partial charge in [-0.3, -0.25) is 10.2 Å². The fourth-order valence-electron chi connectivity index (χ4n) is 1.56. The molecule has 0 aliphatic carbocycles. The number of carbonyl (C=O) groups excluding carboxylic acids is 2. The molecule has 5 heteroatoms. The van der Waals surface area contributed by atoms with Crippen molar-refractivity contribution in [2.45, 2.75) is 26.5 Å². The van der Waals surface area contributed by atoms with Crippen molar-refractivity contribution in [3.63, 3.8) is 0 Å². The molecule has 5 nitrogen and oxygen atoms in total. The van der Waals surface area contributed by atoms with Crippen LogP contribution in [0, 0.1) is 5.92 Å². The highest BCUT2D eigenvalue weighted by Gasteiger charge is 2.24. The highest BCUT2D eigenvalue weighted by molar-refractivity contribution is 6.27. The van der Waals surface area contributed by atoms with Crippen molar-refractivity contribution in [3.05, 3.63) is 35.9 Å². The Hall–Kier alpha value is -2.17. The van der Waals surface area contributed by atoms with Gasteiger partial charge in [0.05, 0.1) is 0 Å². The van der Waals surface area contributed by atoms with E-state index in [1.54, 1.807) is 0 Å². The molecule has 0 aliphatic heterocycles. The molecule has 0 saturated carbocycles. The molecule has 1 amide bonds. The first-order valence-electron chi connectivity index (χ1n) is 6.10. The Kier molecular flexibility index (Phi) is 5.73. The van der Waals surface area contributed by atoms with Crippen LogP contribution in [0.2, 0.25) is 0 Å². The van der Waals surface area contributed by atoms with Crippen LogP contribution in [0.5, 0.6) is 0 Å². The molecule has 3 N–H and O–H groups in total. The molecule has 0 radical (unpaired) electrons. The SMILES string of the molecule is CC(C)[C@@H](NC(=O)OCc1ccccc1)C(=O)C=[NH2+]. The average molecular weight is 263 g/mol. The number of ether oxygens (including phenoxy) is 1. The molecule has 1 aromatic rings. The first kappa shape index (κ1) is 14.9. The lowest BCUT2D eigenvalue weighted by Crippen LogP contribution is -2.49. The number of benzene rings is 1. The Bertz CT molecular complexity index is 443. The summed E-state index contributed by atoms with van der Waals surface area (Å²) in [5, 5.41) is 7.70. The minimum atomic E-state index is -0.659. The molecule has 0 spiro atoms. The second-order valence-electron chi connectivity index (χ2n) is 4.50. The lowest BCUT2D eigenvalue weighted by Gasteiger charge is -2.18. The summed E-state index contributed by atoms with van der Waals surface area (Å²) >= 11 is 0. The van der Waals surface area contributed by atoms with Gasteiger partial charge in [-0.05, 0) is 11.5 Å². The molecule has 102 valence electrons. The van der Waals surface area contributed by atoms with Crippen LogP contribution in [0.1, 0.15) is 19.4 Å². The maximum Gasteiger partial charge on any atom is 0.408 e. The third kappa shape index (κ3) is 4.91. The zero-order valence-corrected chi connectivity index (χ0v) is 11.1. The molecule has 1 aromatic carbocycles. The van der Waals surface area contributed by atoms with Crippen molar-refractivity contribution in [1.29, 1.82) is 0 Å². The number of amides is 1. The van der Waals surface area contributed by atoms with E-state index in [2.05, 4.69) is 5.32 Å². The average Bonchev–Trinajstić information content (AvgIpc) is 2.42. The highest BCUT2D eigenvalue weighted by atomic mass is 16.5. The molecular weight excluding hydrogens is 244 g/mol. The van der Waals surface area contributed by atoms with E-state index < -0.39 is 12.1 Å². The molecular formula is C14H19N2O3+. The number of rotatable bonds is 6. The number of nitrogens with one attached hydrogen (secondary N) is 1. The molecule has 0 bridgehead atoms. The summed E-state index contributed by atoms with van der Waals surface area (Å²) in [6.07, 6.45) is 0.333. The van der Waals surface area contributed by atoms with Crippen molar-refractivity contribution in [3.8, 4) is 0 Å². The summed E-state index contributed by atoms with van der Waals surface area (Å²) < 4.78 is 5.05. The van der Waals surface area contributed by atoms with Gasteiger partial charge in [0.2, 0.25) is 12.0 Å². The number of nitrogens with two attached hydrogens (primary N) is 1. The van der Waals surface area contributed by atoms with E-state index >= 15 is 0 Å². The summed E-state index contributed by atoms with van der Waals surface area (Å²) in [5.74, 6) is -0.386. The smallest absolute Gasteiger partial charge is 0.408 e. The van der Waals surface area contributed by atoms with Crippen molar-refractivity contribution >= 4 is 18.1 Å². The van der Waals surface area contributed by atoms with E-state index in [4.69, 9.17) is 10.1 Å². The third-order valence-corrected chi connectivity index (χ3v) is 2.62. The van der Waals surface area contributed by atoms with Crippen LogP contribution < -0.4 is 10.7 Å². The molecule has 19 heavy (non-hydrogen) atoms. The second-order valence-corrected chi connectivity index (χ2v) is 4.50. The third-order valence-electron chi connectivity index (χ3n) is 2.62. The van der Waals surface area contributed by atoms with Crippen molar-refractivity contribution < 1.29 is 19.7 Å². The molecule has 0 aliphatic rings. The van der Waals surface area contributed by atoms with Gasteiger partial charge in [0.1, 0.15) is 12.6 Å². The largest absolute Gasteiger partial charge is 0.445 e. The standard InChI is InChI=1S/C14H18N2O3/c1-10(2)13(12(17)8-15)16-14(18)19-9-11-6-4-3-5-7-11/h3-8,10,13,15H,9H2,1-2H3,(H,16,18)/p+1/t13-/m1/s1. The first-order valence-corrected chi connectivity index (χ1v) is 6.10. The Morgan fingerprint density at radius 3 is 2.47 bits per heavy atom. The van der Waals surface area contributed by atoms with Gasteiger partial charge in [-0.15, -0.1) is 0 Å². The van der Waals surface area contributed by atoms with Crippen LogP contribution in [0.3, 0.4) is 0 Å². The molecule has 0 unspecified atom stereocenters. The zero-order chi connectivity index (χ0) is 14.3. The molecule has 0 fully saturated rings. The van der Waals surface area contributed by atoms with Crippen LogP contribution in [0.15, 0.2) is 30.3 Å². The molecule has 0 aromatic heterocycles. The number of ketones is 1. The quantitative estimate of drug-likeness (QED) is 0.726. The summed E-state index contributed by atoms with van der Waals surface area (Å²) in [6, 6.07) is 8.65. The van der Waals surface area contributed by atoms with Crippen molar-refractivity contribution in [2.24, 2.45) is 5.92 Å². The van der Waals surface area contributed by atoms with Crippen LogP contribution in [0.4, 0.5) is 4.79 Å². The van der Waals surface area contributed by atoms with E-state index in [0.29, 0.717) is 0 Å². The summed E-state index contributed by atoms with van der Waals surface area (Å²) in [7, 11) is 0. The fourth-order valence-corrected chi connectivity index (χ4v) is 1.56. The summed E-state index contributed by atoms with van der Waals surface area (Å²) in [6.45, 7) is 3.81. The van der Waals surface area contributed by atoms with E-state index in [1.807, 2.05) is 44.2 Å². The fraction of sp³-hybridized carbons (Fsp3) is 0.357. The monoisotopic (exact) mass is 263 g/mol. The Morgan fingerprint density at radius 1 is 1.32 bits per heavy atom. The summed E-state index contributed by atoms with van der Waals surface area (Å²) in [5.41, 5.74) is 0.885. The number of alkyl carbamates (subject to hydrolysis) is 1. The van der Waals surface area contributed by atoms with Crippen LogP contribution >= 0.6 is 0 Å². The Morgan fingerprint density at radius 2 is 1.95 bits per heavy atom. The van der Waals surface area contributed by atoms with Gasteiger partial charge < -0.3 is 10.1 Å². The lowest BCUT2D eigenvalue weighted by atomic mass is 10.0. The van der Waals surface area contributed by atoms with Crippen LogP contribution in [0.25, 0.3) is 0 Å². The maximum atomic E-state index is 11.6. The van der Waals surface area contributed by atoms with Gasteiger partial charge in [0, 0.05) is 0 Å².